The summed E-state index contributed by atoms with van der Waals surface area (Å²) in [5, 5.41) is 11.7. The predicted molar refractivity (Wildman–Crippen MR) is 76.1 cm³/mol. The fraction of sp³-hybridized carbons (Fsp3) is 0.467. The molecule has 20 heavy (non-hydrogen) atoms. The van der Waals surface area contributed by atoms with Crippen LogP contribution in [0.15, 0.2) is 18.2 Å². The molecular weight excluding hydrogens is 258 g/mol. The molecule has 0 spiro atoms. The van der Waals surface area contributed by atoms with E-state index < -0.39 is 17.9 Å². The lowest BCUT2D eigenvalue weighted by molar-refractivity contribution is -0.139. The zero-order chi connectivity index (χ0) is 15.1. The van der Waals surface area contributed by atoms with Crippen molar-refractivity contribution in [3.05, 3.63) is 29.3 Å². The van der Waals surface area contributed by atoms with Crippen LogP contribution in [0.2, 0.25) is 0 Å². The van der Waals surface area contributed by atoms with Crippen LogP contribution in [-0.4, -0.2) is 30.1 Å². The maximum atomic E-state index is 12.2. The van der Waals surface area contributed by atoms with E-state index in [1.807, 2.05) is 19.9 Å². The predicted octanol–water partition coefficient (Wildman–Crippen LogP) is 2.38. The van der Waals surface area contributed by atoms with Crippen LogP contribution in [0.5, 0.6) is 5.75 Å². The van der Waals surface area contributed by atoms with Crippen LogP contribution in [0.3, 0.4) is 0 Å². The van der Waals surface area contributed by atoms with Gasteiger partial charge in [0.25, 0.3) is 5.91 Å². The number of carbonyl (C=O) groups is 2. The summed E-state index contributed by atoms with van der Waals surface area (Å²) in [6, 6.07) is 4.35. The summed E-state index contributed by atoms with van der Waals surface area (Å²) in [6.45, 7) is 3.84. The van der Waals surface area contributed by atoms with Crippen molar-refractivity contribution >= 4 is 11.9 Å². The molecule has 1 aromatic rings. The van der Waals surface area contributed by atoms with Crippen molar-refractivity contribution in [1.29, 1.82) is 0 Å². The summed E-state index contributed by atoms with van der Waals surface area (Å²) in [5.41, 5.74) is 1.27. The van der Waals surface area contributed by atoms with Crippen molar-refractivity contribution in [2.45, 2.75) is 39.2 Å². The van der Waals surface area contributed by atoms with Gasteiger partial charge in [0.1, 0.15) is 11.8 Å². The van der Waals surface area contributed by atoms with E-state index in [9.17, 15) is 9.59 Å². The van der Waals surface area contributed by atoms with Gasteiger partial charge in [0.2, 0.25) is 0 Å². The topological polar surface area (TPSA) is 75.6 Å². The third kappa shape index (κ3) is 4.26. The third-order valence-electron chi connectivity index (χ3n) is 3.05. The number of carboxylic acid groups (broad SMARTS) is 1. The molecule has 1 atom stereocenters. The Bertz CT molecular complexity index is 485. The largest absolute Gasteiger partial charge is 0.496 e. The summed E-state index contributed by atoms with van der Waals surface area (Å²) in [7, 11) is 1.48. The molecule has 110 valence electrons. The van der Waals surface area contributed by atoms with Gasteiger partial charge in [-0.1, -0.05) is 31.4 Å². The zero-order valence-corrected chi connectivity index (χ0v) is 12.1. The van der Waals surface area contributed by atoms with E-state index in [0.29, 0.717) is 17.7 Å². The van der Waals surface area contributed by atoms with E-state index in [4.69, 9.17) is 9.84 Å². The number of ether oxygens (including phenoxy) is 1. The van der Waals surface area contributed by atoms with Crippen molar-refractivity contribution in [1.82, 2.24) is 5.32 Å². The van der Waals surface area contributed by atoms with E-state index in [0.717, 1.165) is 18.4 Å². The van der Waals surface area contributed by atoms with Crippen LogP contribution in [0.1, 0.15) is 42.1 Å². The molecule has 0 aromatic heterocycles. The molecule has 0 unspecified atom stereocenters. The van der Waals surface area contributed by atoms with Crippen LogP contribution in [0.25, 0.3) is 0 Å². The lowest BCUT2D eigenvalue weighted by atomic mass is 10.1. The van der Waals surface area contributed by atoms with Gasteiger partial charge in [-0.2, -0.15) is 0 Å². The smallest absolute Gasteiger partial charge is 0.326 e. The Kier molecular flexibility index (Phi) is 6.03. The van der Waals surface area contributed by atoms with Crippen molar-refractivity contribution < 1.29 is 19.4 Å². The van der Waals surface area contributed by atoms with E-state index in [-0.39, 0.29) is 0 Å². The Labute approximate surface area is 118 Å². The number of carbonyl (C=O) groups excluding carboxylic acids is 1. The van der Waals surface area contributed by atoms with Crippen molar-refractivity contribution in [2.24, 2.45) is 0 Å². The highest BCUT2D eigenvalue weighted by atomic mass is 16.5. The Hall–Kier alpha value is -2.04. The van der Waals surface area contributed by atoms with E-state index in [2.05, 4.69) is 5.32 Å². The van der Waals surface area contributed by atoms with Gasteiger partial charge in [-0.05, 0) is 25.5 Å². The van der Waals surface area contributed by atoms with Crippen LogP contribution in [0.4, 0.5) is 0 Å². The summed E-state index contributed by atoms with van der Waals surface area (Å²) < 4.78 is 5.14. The van der Waals surface area contributed by atoms with Gasteiger partial charge in [-0.25, -0.2) is 4.79 Å². The number of hydrogen-bond donors (Lipinski definition) is 2. The fourth-order valence-corrected chi connectivity index (χ4v) is 1.90. The van der Waals surface area contributed by atoms with Gasteiger partial charge < -0.3 is 15.2 Å². The summed E-state index contributed by atoms with van der Waals surface area (Å²) >= 11 is 0. The Morgan fingerprint density at radius 1 is 1.40 bits per heavy atom. The molecule has 1 aromatic carbocycles. The standard InChI is InChI=1S/C15H21NO4/c1-4-5-6-12(15(18)19)16-14(17)11-9-10(2)7-8-13(11)20-3/h7-9,12H,4-6H2,1-3H3,(H,16,17)(H,18,19)/t12-/m0/s1. The highest BCUT2D eigenvalue weighted by Gasteiger charge is 2.21. The number of aliphatic carboxylic acids is 1. The minimum absolute atomic E-state index is 0.357. The highest BCUT2D eigenvalue weighted by molar-refractivity contribution is 5.99. The van der Waals surface area contributed by atoms with E-state index in [1.165, 1.54) is 7.11 Å². The van der Waals surface area contributed by atoms with Crippen LogP contribution < -0.4 is 10.1 Å². The lowest BCUT2D eigenvalue weighted by Crippen LogP contribution is -2.40. The molecule has 0 fully saturated rings. The molecule has 1 amide bonds. The van der Waals surface area contributed by atoms with E-state index in [1.54, 1.807) is 12.1 Å². The molecule has 0 saturated carbocycles. The average Bonchev–Trinajstić information content (AvgIpc) is 2.42. The number of methoxy groups -OCH3 is 1. The van der Waals surface area contributed by atoms with Crippen LogP contribution in [0, 0.1) is 6.92 Å². The number of rotatable bonds is 7. The zero-order valence-electron chi connectivity index (χ0n) is 12.1. The monoisotopic (exact) mass is 279 g/mol. The first-order chi connectivity index (χ1) is 9.49. The maximum Gasteiger partial charge on any atom is 0.326 e. The number of carboxylic acids is 1. The van der Waals surface area contributed by atoms with Gasteiger partial charge in [-0.3, -0.25) is 4.79 Å². The normalized spacial score (nSPS) is 11.8. The number of hydrogen-bond acceptors (Lipinski definition) is 3. The molecule has 5 nitrogen and oxygen atoms in total. The summed E-state index contributed by atoms with van der Waals surface area (Å²) in [6.07, 6.45) is 2.06. The first kappa shape index (κ1) is 16.0. The van der Waals surface area contributed by atoms with Gasteiger partial charge in [-0.15, -0.1) is 0 Å². The molecule has 0 bridgehead atoms. The van der Waals surface area contributed by atoms with E-state index >= 15 is 0 Å². The highest BCUT2D eigenvalue weighted by Crippen LogP contribution is 2.19. The molecule has 2 N–H and O–H groups in total. The SMILES string of the molecule is CCCC[C@H](NC(=O)c1cc(C)ccc1OC)C(=O)O. The Morgan fingerprint density at radius 2 is 2.10 bits per heavy atom. The Balaban J connectivity index is 2.88. The van der Waals surface area contributed by atoms with Crippen molar-refractivity contribution in [3.8, 4) is 5.75 Å². The van der Waals surface area contributed by atoms with Gasteiger partial charge in [0, 0.05) is 0 Å². The lowest BCUT2D eigenvalue weighted by Gasteiger charge is -2.15. The molecule has 0 aliphatic rings. The summed E-state index contributed by atoms with van der Waals surface area (Å²) in [5.74, 6) is -1.000. The van der Waals surface area contributed by atoms with Gasteiger partial charge >= 0.3 is 5.97 Å². The molecule has 0 saturated heterocycles. The number of benzene rings is 1. The first-order valence-electron chi connectivity index (χ1n) is 6.67. The number of unbranched alkanes of at least 4 members (excludes halogenated alkanes) is 1. The molecule has 0 aliphatic carbocycles. The molecular formula is C15H21NO4. The number of nitrogens with one attached hydrogen (secondary N) is 1. The second-order valence-electron chi connectivity index (χ2n) is 4.71. The molecule has 5 heteroatoms. The van der Waals surface area contributed by atoms with Gasteiger partial charge in [0.15, 0.2) is 0 Å². The molecule has 0 radical (unpaired) electrons. The molecule has 0 aliphatic heterocycles. The van der Waals surface area contributed by atoms with Crippen molar-refractivity contribution in [3.63, 3.8) is 0 Å². The molecule has 0 heterocycles. The van der Waals surface area contributed by atoms with Crippen LogP contribution in [-0.2, 0) is 4.79 Å². The van der Waals surface area contributed by atoms with Crippen molar-refractivity contribution in [2.75, 3.05) is 7.11 Å². The quantitative estimate of drug-likeness (QED) is 0.803. The minimum atomic E-state index is -1.02. The molecule has 1 rings (SSSR count). The second-order valence-corrected chi connectivity index (χ2v) is 4.71. The fourth-order valence-electron chi connectivity index (χ4n) is 1.90. The second kappa shape index (κ2) is 7.53. The number of amides is 1. The Morgan fingerprint density at radius 3 is 2.65 bits per heavy atom. The minimum Gasteiger partial charge on any atom is -0.496 e. The third-order valence-corrected chi connectivity index (χ3v) is 3.05. The summed E-state index contributed by atoms with van der Waals surface area (Å²) in [4.78, 5) is 23.3. The first-order valence-corrected chi connectivity index (χ1v) is 6.67. The van der Waals surface area contributed by atoms with Gasteiger partial charge in [0.05, 0.1) is 12.7 Å². The number of aryl methyl sites for hydroxylation is 1. The maximum absolute atomic E-state index is 12.2. The average molecular weight is 279 g/mol. The van der Waals surface area contributed by atoms with Crippen LogP contribution >= 0.6 is 0 Å².